The van der Waals surface area contributed by atoms with Gasteiger partial charge in [0.15, 0.2) is 0 Å². The first-order valence-electron chi connectivity index (χ1n) is 12.8. The maximum absolute atomic E-state index is 12.7. The van der Waals surface area contributed by atoms with Gasteiger partial charge in [-0.05, 0) is 42.4 Å². The molecule has 0 saturated heterocycles. The summed E-state index contributed by atoms with van der Waals surface area (Å²) in [6, 6.07) is 20.3. The van der Waals surface area contributed by atoms with Gasteiger partial charge >= 0.3 is 0 Å². The summed E-state index contributed by atoms with van der Waals surface area (Å²) in [5.41, 5.74) is 2.97. The molecule has 0 bridgehead atoms. The molecule has 0 aliphatic carbocycles. The number of methoxy groups -OCH3 is 1. The van der Waals surface area contributed by atoms with E-state index in [4.69, 9.17) is 9.47 Å². The first-order valence-corrected chi connectivity index (χ1v) is 13.8. The van der Waals surface area contributed by atoms with Crippen molar-refractivity contribution >= 4 is 45.7 Å². The van der Waals surface area contributed by atoms with Crippen LogP contribution >= 0.6 is 11.8 Å². The van der Waals surface area contributed by atoms with E-state index in [0.29, 0.717) is 32.1 Å². The number of likely N-dealkylation sites (N-methyl/N-ethyl adjacent to an activating group) is 1. The molecule has 1 aliphatic rings. The Morgan fingerprint density at radius 2 is 1.87 bits per heavy atom. The Balaban J connectivity index is 1.62. The predicted molar refractivity (Wildman–Crippen MR) is 154 cm³/mol. The number of fused-ring (bicyclic) bond motifs is 2. The van der Waals surface area contributed by atoms with Crippen molar-refractivity contribution in [1.29, 1.82) is 0 Å². The van der Waals surface area contributed by atoms with E-state index in [9.17, 15) is 9.59 Å². The zero-order valence-electron chi connectivity index (χ0n) is 22.2. The van der Waals surface area contributed by atoms with Crippen molar-refractivity contribution in [3.05, 3.63) is 66.2 Å². The largest absolute Gasteiger partial charge is 0.382 e. The number of ether oxygens (including phenoxy) is 2. The number of carbonyl (C=O) groups excluding carboxylic acids is 2. The molecule has 2 atom stereocenters. The molecule has 202 valence electrons. The maximum atomic E-state index is 12.7. The molecule has 0 fully saturated rings. The molecule has 3 aromatic carbocycles. The first-order chi connectivity index (χ1) is 18.5. The summed E-state index contributed by atoms with van der Waals surface area (Å²) < 4.78 is 10.4. The van der Waals surface area contributed by atoms with Crippen molar-refractivity contribution in [3.8, 4) is 0 Å². The molecule has 38 heavy (non-hydrogen) atoms. The van der Waals surface area contributed by atoms with Crippen molar-refractivity contribution in [2.24, 2.45) is 0 Å². The number of hydrogen-bond acceptors (Lipinski definition) is 7. The van der Waals surface area contributed by atoms with Crippen LogP contribution in [-0.4, -0.2) is 70.2 Å². The van der Waals surface area contributed by atoms with Gasteiger partial charge in [-0.2, -0.15) is 0 Å². The SMILES string of the molecule is CN[C@@H](C)C(=O)N[C@H]1CSc2c(NC(=O)COCCOC)cccc2N(Cc2cccc3ccccc23)C1. The summed E-state index contributed by atoms with van der Waals surface area (Å²) >= 11 is 1.65. The zero-order chi connectivity index (χ0) is 26.9. The molecule has 0 unspecified atom stereocenters. The number of benzene rings is 3. The monoisotopic (exact) mass is 536 g/mol. The third-order valence-electron chi connectivity index (χ3n) is 6.56. The minimum atomic E-state index is -0.287. The van der Waals surface area contributed by atoms with Crippen molar-refractivity contribution in [3.63, 3.8) is 0 Å². The van der Waals surface area contributed by atoms with Crippen LogP contribution < -0.4 is 20.9 Å². The van der Waals surface area contributed by atoms with Gasteiger partial charge in [-0.3, -0.25) is 9.59 Å². The molecule has 0 spiro atoms. The number of amides is 2. The summed E-state index contributed by atoms with van der Waals surface area (Å²) in [6.07, 6.45) is 0. The van der Waals surface area contributed by atoms with E-state index in [1.807, 2.05) is 25.1 Å². The summed E-state index contributed by atoms with van der Waals surface area (Å²) in [4.78, 5) is 28.7. The van der Waals surface area contributed by atoms with Gasteiger partial charge in [0.25, 0.3) is 0 Å². The fourth-order valence-corrected chi connectivity index (χ4v) is 5.62. The summed E-state index contributed by atoms with van der Waals surface area (Å²) in [5, 5.41) is 11.6. The van der Waals surface area contributed by atoms with Gasteiger partial charge in [0.2, 0.25) is 11.8 Å². The van der Waals surface area contributed by atoms with Crippen molar-refractivity contribution in [2.45, 2.75) is 30.4 Å². The Hall–Kier alpha value is -3.11. The van der Waals surface area contributed by atoms with Gasteiger partial charge in [0, 0.05) is 26.0 Å². The number of hydrogen-bond donors (Lipinski definition) is 3. The number of nitrogens with zero attached hydrogens (tertiary/aromatic N) is 1. The van der Waals surface area contributed by atoms with Crippen LogP contribution in [0.2, 0.25) is 0 Å². The molecular weight excluding hydrogens is 500 g/mol. The first kappa shape index (κ1) is 27.9. The third kappa shape index (κ3) is 7.05. The van der Waals surface area contributed by atoms with Gasteiger partial charge in [0.1, 0.15) is 6.61 Å². The lowest BCUT2D eigenvalue weighted by Gasteiger charge is -2.29. The van der Waals surface area contributed by atoms with Crippen LogP contribution in [0.5, 0.6) is 0 Å². The van der Waals surface area contributed by atoms with E-state index in [0.717, 1.165) is 16.3 Å². The van der Waals surface area contributed by atoms with Gasteiger partial charge in [-0.25, -0.2) is 0 Å². The summed E-state index contributed by atoms with van der Waals surface area (Å²) in [5.74, 6) is 0.432. The molecule has 8 nitrogen and oxygen atoms in total. The maximum Gasteiger partial charge on any atom is 0.250 e. The van der Waals surface area contributed by atoms with Crippen LogP contribution in [0.25, 0.3) is 10.8 Å². The molecule has 0 aromatic heterocycles. The summed E-state index contributed by atoms with van der Waals surface area (Å²) in [6.45, 7) is 3.91. The van der Waals surface area contributed by atoms with E-state index in [1.165, 1.54) is 16.3 Å². The topological polar surface area (TPSA) is 91.9 Å². The van der Waals surface area contributed by atoms with Gasteiger partial charge in [-0.1, -0.05) is 48.5 Å². The van der Waals surface area contributed by atoms with E-state index < -0.39 is 0 Å². The van der Waals surface area contributed by atoms with Gasteiger partial charge < -0.3 is 30.3 Å². The number of carbonyl (C=O) groups is 2. The van der Waals surface area contributed by atoms with E-state index in [-0.39, 0.29) is 30.5 Å². The lowest BCUT2D eigenvalue weighted by atomic mass is 10.0. The highest BCUT2D eigenvalue weighted by molar-refractivity contribution is 7.99. The minimum absolute atomic E-state index is 0.0316. The zero-order valence-corrected chi connectivity index (χ0v) is 23.0. The van der Waals surface area contributed by atoms with Crippen LogP contribution in [0.15, 0.2) is 65.6 Å². The predicted octanol–water partition coefficient (Wildman–Crippen LogP) is 3.65. The second-order valence-corrected chi connectivity index (χ2v) is 10.3. The molecule has 2 amide bonds. The molecule has 3 N–H and O–H groups in total. The highest BCUT2D eigenvalue weighted by Crippen LogP contribution is 2.40. The number of nitrogens with one attached hydrogen (secondary N) is 3. The molecule has 1 heterocycles. The van der Waals surface area contributed by atoms with E-state index in [2.05, 4.69) is 63.3 Å². The average Bonchev–Trinajstić information content (AvgIpc) is 3.10. The highest BCUT2D eigenvalue weighted by atomic mass is 32.2. The van der Waals surface area contributed by atoms with Crippen LogP contribution in [-0.2, 0) is 25.6 Å². The normalized spacial score (nSPS) is 16.0. The summed E-state index contributed by atoms with van der Waals surface area (Å²) in [7, 11) is 3.38. The Kier molecular flexibility index (Phi) is 10.0. The Morgan fingerprint density at radius 3 is 2.68 bits per heavy atom. The molecule has 4 rings (SSSR count). The highest BCUT2D eigenvalue weighted by Gasteiger charge is 2.27. The fraction of sp³-hybridized carbons (Fsp3) is 0.379. The Bertz CT molecular complexity index is 1250. The lowest BCUT2D eigenvalue weighted by molar-refractivity contribution is -0.123. The molecule has 0 saturated carbocycles. The smallest absolute Gasteiger partial charge is 0.250 e. The van der Waals surface area contributed by atoms with E-state index >= 15 is 0 Å². The van der Waals surface area contributed by atoms with E-state index in [1.54, 1.807) is 25.9 Å². The minimum Gasteiger partial charge on any atom is -0.382 e. The third-order valence-corrected chi connectivity index (χ3v) is 7.84. The molecule has 9 heteroatoms. The Labute approximate surface area is 228 Å². The standard InChI is InChI=1S/C29H36N4O4S/c1-20(30-2)29(35)31-23-17-33(16-22-10-6-9-21-8-4-5-11-24(21)22)26-13-7-12-25(28(26)38-19-23)32-27(34)18-37-15-14-36-3/h4-13,20,23,30H,14-19H2,1-3H3,(H,31,35)(H,32,34)/t20-,23+/m0/s1. The van der Waals surface area contributed by atoms with Crippen LogP contribution in [0.4, 0.5) is 11.4 Å². The Morgan fingerprint density at radius 1 is 1.08 bits per heavy atom. The fourth-order valence-electron chi connectivity index (χ4n) is 4.45. The lowest BCUT2D eigenvalue weighted by Crippen LogP contribution is -2.50. The van der Waals surface area contributed by atoms with Crippen LogP contribution in [0.3, 0.4) is 0 Å². The molecule has 1 aliphatic heterocycles. The second-order valence-electron chi connectivity index (χ2n) is 9.29. The van der Waals surface area contributed by atoms with Crippen molar-refractivity contribution in [2.75, 3.05) is 56.5 Å². The van der Waals surface area contributed by atoms with Crippen LogP contribution in [0, 0.1) is 0 Å². The number of thioether (sulfide) groups is 1. The van der Waals surface area contributed by atoms with Crippen LogP contribution in [0.1, 0.15) is 12.5 Å². The van der Waals surface area contributed by atoms with Crippen molar-refractivity contribution in [1.82, 2.24) is 10.6 Å². The average molecular weight is 537 g/mol. The number of rotatable bonds is 11. The quantitative estimate of drug-likeness (QED) is 0.322. The van der Waals surface area contributed by atoms with Gasteiger partial charge in [-0.15, -0.1) is 11.8 Å². The number of anilines is 2. The molecular formula is C29H36N4O4S. The second kappa shape index (κ2) is 13.6. The van der Waals surface area contributed by atoms with Gasteiger partial charge in [0.05, 0.1) is 41.6 Å². The molecule has 3 aromatic rings. The molecule has 0 radical (unpaired) electrons. The van der Waals surface area contributed by atoms with Crippen molar-refractivity contribution < 1.29 is 19.1 Å².